The van der Waals surface area contributed by atoms with Crippen LogP contribution in [0.5, 0.6) is 5.75 Å². The predicted octanol–water partition coefficient (Wildman–Crippen LogP) is 3.93. The molecule has 5 heteroatoms. The molecule has 2 N–H and O–H groups in total. The van der Waals surface area contributed by atoms with E-state index >= 15 is 0 Å². The Labute approximate surface area is 153 Å². The molecule has 0 bridgehead atoms. The molecule has 0 atom stereocenters. The van der Waals surface area contributed by atoms with Gasteiger partial charge in [-0.1, -0.05) is 19.1 Å². The highest BCUT2D eigenvalue weighted by Crippen LogP contribution is 2.26. The highest BCUT2D eigenvalue weighted by molar-refractivity contribution is 5.94. The van der Waals surface area contributed by atoms with Crippen molar-refractivity contribution in [2.75, 3.05) is 17.2 Å². The minimum absolute atomic E-state index is 0.00462. The zero-order chi connectivity index (χ0) is 18.4. The Morgan fingerprint density at radius 3 is 2.92 bits per heavy atom. The second-order valence-corrected chi connectivity index (χ2v) is 6.42. The van der Waals surface area contributed by atoms with Gasteiger partial charge in [0.25, 0.3) is 0 Å². The van der Waals surface area contributed by atoms with Gasteiger partial charge in [0.1, 0.15) is 5.75 Å². The van der Waals surface area contributed by atoms with E-state index in [0.29, 0.717) is 25.9 Å². The van der Waals surface area contributed by atoms with Crippen molar-refractivity contribution in [2.45, 2.75) is 39.0 Å². The van der Waals surface area contributed by atoms with Gasteiger partial charge < -0.3 is 15.4 Å². The summed E-state index contributed by atoms with van der Waals surface area (Å²) in [6, 6.07) is 13.6. The maximum absolute atomic E-state index is 12.0. The summed E-state index contributed by atoms with van der Waals surface area (Å²) >= 11 is 0. The Morgan fingerprint density at radius 1 is 1.19 bits per heavy atom. The lowest BCUT2D eigenvalue weighted by Gasteiger charge is -2.17. The highest BCUT2D eigenvalue weighted by Gasteiger charge is 2.15. The van der Waals surface area contributed by atoms with E-state index in [4.69, 9.17) is 4.74 Å². The number of rotatable bonds is 7. The quantitative estimate of drug-likeness (QED) is 0.742. The van der Waals surface area contributed by atoms with Crippen LogP contribution in [0.1, 0.15) is 37.3 Å². The summed E-state index contributed by atoms with van der Waals surface area (Å²) < 4.78 is 5.74. The first-order chi connectivity index (χ1) is 12.6. The van der Waals surface area contributed by atoms with Gasteiger partial charge >= 0.3 is 0 Å². The number of nitrogens with one attached hydrogen (secondary N) is 2. The fraction of sp³-hybridized carbons (Fsp3) is 0.333. The molecular formula is C21H24N2O3. The molecule has 26 heavy (non-hydrogen) atoms. The van der Waals surface area contributed by atoms with Gasteiger partial charge in [0.15, 0.2) is 0 Å². The molecule has 2 aromatic carbocycles. The van der Waals surface area contributed by atoms with Gasteiger partial charge in [-0.3, -0.25) is 9.59 Å². The van der Waals surface area contributed by atoms with Gasteiger partial charge in [-0.25, -0.2) is 0 Å². The first-order valence-electron chi connectivity index (χ1n) is 9.08. The Morgan fingerprint density at radius 2 is 2.08 bits per heavy atom. The number of hydrogen-bond acceptors (Lipinski definition) is 3. The van der Waals surface area contributed by atoms with Gasteiger partial charge in [-0.2, -0.15) is 0 Å². The Kier molecular flexibility index (Phi) is 5.89. The van der Waals surface area contributed by atoms with Crippen molar-refractivity contribution < 1.29 is 14.3 Å². The van der Waals surface area contributed by atoms with Crippen molar-refractivity contribution in [1.82, 2.24) is 0 Å². The van der Waals surface area contributed by atoms with Crippen LogP contribution in [0.2, 0.25) is 0 Å². The van der Waals surface area contributed by atoms with E-state index in [1.165, 1.54) is 5.56 Å². The van der Waals surface area contributed by atoms with Crippen molar-refractivity contribution in [2.24, 2.45) is 0 Å². The molecule has 136 valence electrons. The van der Waals surface area contributed by atoms with E-state index in [-0.39, 0.29) is 11.8 Å². The summed E-state index contributed by atoms with van der Waals surface area (Å²) in [5.74, 6) is 0.826. The molecule has 1 aliphatic heterocycles. The van der Waals surface area contributed by atoms with E-state index in [2.05, 4.69) is 17.6 Å². The topological polar surface area (TPSA) is 67.4 Å². The van der Waals surface area contributed by atoms with Gasteiger partial charge in [-0.15, -0.1) is 0 Å². The number of carbonyl (C=O) groups excluding carboxylic acids is 2. The van der Waals surface area contributed by atoms with E-state index in [9.17, 15) is 9.59 Å². The summed E-state index contributed by atoms with van der Waals surface area (Å²) in [4.78, 5) is 23.4. The van der Waals surface area contributed by atoms with E-state index < -0.39 is 0 Å². The first kappa shape index (κ1) is 18.0. The minimum atomic E-state index is -0.00462. The second-order valence-electron chi connectivity index (χ2n) is 6.42. The van der Waals surface area contributed by atoms with E-state index in [0.717, 1.165) is 35.5 Å². The molecule has 0 saturated heterocycles. The molecule has 1 aliphatic rings. The van der Waals surface area contributed by atoms with Crippen LogP contribution in [0.3, 0.4) is 0 Å². The van der Waals surface area contributed by atoms with Crippen LogP contribution >= 0.6 is 0 Å². The Balaban J connectivity index is 1.42. The van der Waals surface area contributed by atoms with Crippen LogP contribution in [0.4, 0.5) is 11.4 Å². The van der Waals surface area contributed by atoms with Crippen molar-refractivity contribution in [1.29, 1.82) is 0 Å². The number of fused-ring (bicyclic) bond motifs is 1. The standard InChI is InChI=1S/C21H24N2O3/c1-2-15-5-3-6-17(13-15)22-20(24)7-4-12-26-18-9-10-19-16(14-18)8-11-21(25)23-19/h3,5-6,9-10,13-14H,2,4,7-8,11-12H2,1H3,(H,22,24)(H,23,25). The van der Waals surface area contributed by atoms with Gasteiger partial charge in [-0.05, 0) is 60.7 Å². The molecule has 0 radical (unpaired) electrons. The number of carbonyl (C=O) groups is 2. The number of amides is 2. The lowest BCUT2D eigenvalue weighted by atomic mass is 10.0. The maximum atomic E-state index is 12.0. The molecular weight excluding hydrogens is 328 g/mol. The van der Waals surface area contributed by atoms with Gasteiger partial charge in [0.05, 0.1) is 6.61 Å². The lowest BCUT2D eigenvalue weighted by Crippen LogP contribution is -2.18. The van der Waals surface area contributed by atoms with Crippen molar-refractivity contribution in [3.05, 3.63) is 53.6 Å². The average Bonchev–Trinajstić information content (AvgIpc) is 2.65. The molecule has 0 fully saturated rings. The molecule has 3 rings (SSSR count). The van der Waals surface area contributed by atoms with Crippen molar-refractivity contribution >= 4 is 23.2 Å². The molecule has 2 amide bonds. The number of ether oxygens (including phenoxy) is 1. The summed E-state index contributed by atoms with van der Waals surface area (Å²) in [5, 5.41) is 5.78. The number of aryl methyl sites for hydroxylation is 2. The predicted molar refractivity (Wildman–Crippen MR) is 103 cm³/mol. The lowest BCUT2D eigenvalue weighted by molar-refractivity contribution is -0.117. The van der Waals surface area contributed by atoms with Crippen LogP contribution in [0.15, 0.2) is 42.5 Å². The van der Waals surface area contributed by atoms with Crippen molar-refractivity contribution in [3.8, 4) is 5.75 Å². The first-order valence-corrected chi connectivity index (χ1v) is 9.08. The van der Waals surface area contributed by atoms with Gasteiger partial charge in [0, 0.05) is 24.2 Å². The fourth-order valence-electron chi connectivity index (χ4n) is 2.96. The van der Waals surface area contributed by atoms with Crippen LogP contribution in [0, 0.1) is 0 Å². The summed E-state index contributed by atoms with van der Waals surface area (Å²) in [6.07, 6.45) is 3.25. The molecule has 2 aromatic rings. The van der Waals surface area contributed by atoms with Crippen LogP contribution in [-0.4, -0.2) is 18.4 Å². The molecule has 0 aromatic heterocycles. The summed E-state index contributed by atoms with van der Waals surface area (Å²) in [5.41, 5.74) is 4.00. The summed E-state index contributed by atoms with van der Waals surface area (Å²) in [6.45, 7) is 2.57. The molecule has 0 aliphatic carbocycles. The minimum Gasteiger partial charge on any atom is -0.494 e. The van der Waals surface area contributed by atoms with Crippen molar-refractivity contribution in [3.63, 3.8) is 0 Å². The smallest absolute Gasteiger partial charge is 0.224 e. The summed E-state index contributed by atoms with van der Waals surface area (Å²) in [7, 11) is 0. The van der Waals surface area contributed by atoms with Crippen LogP contribution in [-0.2, 0) is 22.4 Å². The third-order valence-corrected chi connectivity index (χ3v) is 4.41. The number of benzene rings is 2. The molecule has 0 unspecified atom stereocenters. The van der Waals surface area contributed by atoms with Gasteiger partial charge in [0.2, 0.25) is 11.8 Å². The SMILES string of the molecule is CCc1cccc(NC(=O)CCCOc2ccc3c(c2)CCC(=O)N3)c1. The third kappa shape index (κ3) is 4.85. The molecule has 5 nitrogen and oxygen atoms in total. The Hall–Kier alpha value is -2.82. The normalized spacial score (nSPS) is 12.9. The van der Waals surface area contributed by atoms with Crippen LogP contribution < -0.4 is 15.4 Å². The second kappa shape index (κ2) is 8.52. The molecule has 0 saturated carbocycles. The monoisotopic (exact) mass is 352 g/mol. The largest absolute Gasteiger partial charge is 0.494 e. The molecule has 0 spiro atoms. The zero-order valence-corrected chi connectivity index (χ0v) is 15.0. The third-order valence-electron chi connectivity index (χ3n) is 4.41. The average molecular weight is 352 g/mol. The maximum Gasteiger partial charge on any atom is 0.224 e. The number of anilines is 2. The number of hydrogen-bond donors (Lipinski definition) is 2. The Bertz CT molecular complexity index is 802. The van der Waals surface area contributed by atoms with E-state index in [1.807, 2.05) is 42.5 Å². The molecule has 1 heterocycles. The fourth-order valence-corrected chi connectivity index (χ4v) is 2.96. The van der Waals surface area contributed by atoms with Crippen LogP contribution in [0.25, 0.3) is 0 Å². The highest BCUT2D eigenvalue weighted by atomic mass is 16.5. The zero-order valence-electron chi connectivity index (χ0n) is 15.0. The van der Waals surface area contributed by atoms with E-state index in [1.54, 1.807) is 0 Å².